The highest BCUT2D eigenvalue weighted by Gasteiger charge is 2.37. The highest BCUT2D eigenvalue weighted by atomic mass is 16.3. The molecule has 0 spiro atoms. The van der Waals surface area contributed by atoms with Crippen molar-refractivity contribution in [1.82, 2.24) is 15.1 Å². The lowest BCUT2D eigenvalue weighted by Gasteiger charge is -2.30. The van der Waals surface area contributed by atoms with Gasteiger partial charge in [0.2, 0.25) is 0 Å². The first kappa shape index (κ1) is 16.2. The van der Waals surface area contributed by atoms with Crippen molar-refractivity contribution in [2.24, 2.45) is 5.41 Å². The van der Waals surface area contributed by atoms with Crippen molar-refractivity contribution in [2.45, 2.75) is 52.6 Å². The molecule has 124 valence electrons. The summed E-state index contributed by atoms with van der Waals surface area (Å²) in [5, 5.41) is 18.1. The normalized spacial score (nSPS) is 24.3. The number of aromatic nitrogens is 2. The van der Waals surface area contributed by atoms with E-state index in [1.165, 1.54) is 17.7 Å². The smallest absolute Gasteiger partial charge is 0.0648 e. The minimum Gasteiger partial charge on any atom is -0.396 e. The number of nitrogens with zero attached hydrogens (tertiary/aromatic N) is 2. The van der Waals surface area contributed by atoms with Gasteiger partial charge in [0.1, 0.15) is 0 Å². The summed E-state index contributed by atoms with van der Waals surface area (Å²) in [7, 11) is 0. The van der Waals surface area contributed by atoms with E-state index in [0.29, 0.717) is 6.04 Å². The van der Waals surface area contributed by atoms with E-state index in [4.69, 9.17) is 5.10 Å². The van der Waals surface area contributed by atoms with E-state index in [0.717, 1.165) is 30.8 Å². The molecule has 3 rings (SSSR count). The van der Waals surface area contributed by atoms with Gasteiger partial charge >= 0.3 is 0 Å². The summed E-state index contributed by atoms with van der Waals surface area (Å²) in [4.78, 5) is 0. The quantitative estimate of drug-likeness (QED) is 0.891. The fourth-order valence-corrected chi connectivity index (χ4v) is 3.75. The van der Waals surface area contributed by atoms with Crippen LogP contribution in [0.3, 0.4) is 0 Å². The molecule has 0 radical (unpaired) electrons. The van der Waals surface area contributed by atoms with Gasteiger partial charge in [0.25, 0.3) is 0 Å². The SMILES string of the molecule is Cc1nn(-c2ccccc2)c(C)c1CNC1CCCC1(C)CO. The minimum atomic E-state index is 0.0111. The van der Waals surface area contributed by atoms with Gasteiger partial charge in [-0.1, -0.05) is 31.5 Å². The van der Waals surface area contributed by atoms with Gasteiger partial charge in [-0.05, 0) is 38.8 Å². The maximum absolute atomic E-state index is 9.70. The fourth-order valence-electron chi connectivity index (χ4n) is 3.75. The van der Waals surface area contributed by atoms with Crippen LogP contribution in [0.5, 0.6) is 0 Å². The maximum Gasteiger partial charge on any atom is 0.0648 e. The van der Waals surface area contributed by atoms with Crippen molar-refractivity contribution in [2.75, 3.05) is 6.61 Å². The second-order valence-electron chi connectivity index (χ2n) is 7.03. The van der Waals surface area contributed by atoms with Gasteiger partial charge in [0.05, 0.1) is 11.4 Å². The summed E-state index contributed by atoms with van der Waals surface area (Å²) < 4.78 is 2.02. The van der Waals surface area contributed by atoms with Crippen LogP contribution in [0.4, 0.5) is 0 Å². The molecular formula is C19H27N3O. The van der Waals surface area contributed by atoms with E-state index in [9.17, 15) is 5.11 Å². The Morgan fingerprint density at radius 2 is 2.04 bits per heavy atom. The van der Waals surface area contributed by atoms with Gasteiger partial charge in [-0.15, -0.1) is 0 Å². The number of aryl methyl sites for hydroxylation is 1. The highest BCUT2D eigenvalue weighted by molar-refractivity contribution is 5.36. The molecule has 0 amide bonds. The largest absolute Gasteiger partial charge is 0.396 e. The van der Waals surface area contributed by atoms with Crippen molar-refractivity contribution >= 4 is 0 Å². The zero-order chi connectivity index (χ0) is 16.4. The third kappa shape index (κ3) is 3.06. The lowest BCUT2D eigenvalue weighted by Crippen LogP contribution is -2.41. The lowest BCUT2D eigenvalue weighted by molar-refractivity contribution is 0.118. The third-order valence-electron chi connectivity index (χ3n) is 5.41. The molecule has 0 bridgehead atoms. The third-order valence-corrected chi connectivity index (χ3v) is 5.41. The molecule has 1 aliphatic rings. The number of hydrogen-bond acceptors (Lipinski definition) is 3. The molecule has 2 N–H and O–H groups in total. The van der Waals surface area contributed by atoms with E-state index in [1.54, 1.807) is 0 Å². The number of aliphatic hydroxyl groups is 1. The Morgan fingerprint density at radius 1 is 1.30 bits per heavy atom. The molecule has 1 heterocycles. The number of aliphatic hydroxyl groups excluding tert-OH is 1. The molecular weight excluding hydrogens is 286 g/mol. The van der Waals surface area contributed by atoms with Crippen LogP contribution >= 0.6 is 0 Å². The summed E-state index contributed by atoms with van der Waals surface area (Å²) in [5.74, 6) is 0. The Morgan fingerprint density at radius 3 is 2.74 bits per heavy atom. The number of rotatable bonds is 5. The van der Waals surface area contributed by atoms with Crippen LogP contribution < -0.4 is 5.32 Å². The van der Waals surface area contributed by atoms with E-state index in [-0.39, 0.29) is 12.0 Å². The van der Waals surface area contributed by atoms with Gasteiger partial charge < -0.3 is 10.4 Å². The molecule has 0 aliphatic heterocycles. The molecule has 0 saturated heterocycles. The Balaban J connectivity index is 1.78. The predicted molar refractivity (Wildman–Crippen MR) is 92.7 cm³/mol. The Labute approximate surface area is 138 Å². The lowest BCUT2D eigenvalue weighted by atomic mass is 9.85. The molecule has 4 heteroatoms. The maximum atomic E-state index is 9.70. The van der Waals surface area contributed by atoms with Crippen LogP contribution in [0.15, 0.2) is 30.3 Å². The van der Waals surface area contributed by atoms with Gasteiger partial charge in [0.15, 0.2) is 0 Å². The van der Waals surface area contributed by atoms with E-state index < -0.39 is 0 Å². The van der Waals surface area contributed by atoms with E-state index >= 15 is 0 Å². The topological polar surface area (TPSA) is 50.1 Å². The summed E-state index contributed by atoms with van der Waals surface area (Å²) >= 11 is 0. The standard InChI is InChI=1S/C19H27N3O/c1-14-17(12-20-18-10-7-11-19(18,3)13-23)15(2)22(21-14)16-8-5-4-6-9-16/h4-6,8-9,18,20,23H,7,10-13H2,1-3H3. The van der Waals surface area contributed by atoms with E-state index in [1.807, 2.05) is 22.9 Å². The van der Waals surface area contributed by atoms with Crippen LogP contribution in [-0.2, 0) is 6.54 Å². The van der Waals surface area contributed by atoms with Gasteiger partial charge in [-0.2, -0.15) is 5.10 Å². The molecule has 1 saturated carbocycles. The molecule has 1 fully saturated rings. The second kappa shape index (κ2) is 6.46. The molecule has 1 aromatic heterocycles. The van der Waals surface area contributed by atoms with Crippen LogP contribution in [0.25, 0.3) is 5.69 Å². The highest BCUT2D eigenvalue weighted by Crippen LogP contribution is 2.37. The number of benzene rings is 1. The average molecular weight is 313 g/mol. The fraction of sp³-hybridized carbons (Fsp3) is 0.526. The number of nitrogens with one attached hydrogen (secondary N) is 1. The average Bonchev–Trinajstić information content (AvgIpc) is 3.07. The molecule has 1 aliphatic carbocycles. The van der Waals surface area contributed by atoms with Crippen molar-refractivity contribution in [3.63, 3.8) is 0 Å². The zero-order valence-electron chi connectivity index (χ0n) is 14.3. The molecule has 1 aromatic carbocycles. The van der Waals surface area contributed by atoms with E-state index in [2.05, 4.69) is 38.2 Å². The number of para-hydroxylation sites is 1. The molecule has 4 nitrogen and oxygen atoms in total. The Bertz CT molecular complexity index is 665. The van der Waals surface area contributed by atoms with Crippen LogP contribution in [0.2, 0.25) is 0 Å². The van der Waals surface area contributed by atoms with Crippen molar-refractivity contribution in [3.05, 3.63) is 47.3 Å². The summed E-state index contributed by atoms with van der Waals surface area (Å²) in [6, 6.07) is 10.6. The Hall–Kier alpha value is -1.65. The first-order valence-electron chi connectivity index (χ1n) is 8.50. The molecule has 2 unspecified atom stereocenters. The van der Waals surface area contributed by atoms with Gasteiger partial charge in [0, 0.05) is 35.9 Å². The van der Waals surface area contributed by atoms with Crippen molar-refractivity contribution in [1.29, 1.82) is 0 Å². The summed E-state index contributed by atoms with van der Waals surface area (Å²) in [6.45, 7) is 7.45. The minimum absolute atomic E-state index is 0.0111. The predicted octanol–water partition coefficient (Wildman–Crippen LogP) is 3.13. The Kier molecular flexibility index (Phi) is 4.55. The molecule has 2 atom stereocenters. The second-order valence-corrected chi connectivity index (χ2v) is 7.03. The molecule has 2 aromatic rings. The van der Waals surface area contributed by atoms with Gasteiger partial charge in [-0.3, -0.25) is 0 Å². The molecule has 23 heavy (non-hydrogen) atoms. The first-order chi connectivity index (χ1) is 11.0. The van der Waals surface area contributed by atoms with Crippen LogP contribution in [0, 0.1) is 19.3 Å². The zero-order valence-corrected chi connectivity index (χ0v) is 14.3. The van der Waals surface area contributed by atoms with Crippen LogP contribution in [-0.4, -0.2) is 27.5 Å². The van der Waals surface area contributed by atoms with Gasteiger partial charge in [-0.25, -0.2) is 4.68 Å². The monoisotopic (exact) mass is 313 g/mol. The van der Waals surface area contributed by atoms with Crippen LogP contribution in [0.1, 0.15) is 43.1 Å². The van der Waals surface area contributed by atoms with Crippen molar-refractivity contribution < 1.29 is 5.11 Å². The number of hydrogen-bond donors (Lipinski definition) is 2. The summed E-state index contributed by atoms with van der Waals surface area (Å²) in [6.07, 6.45) is 3.43. The summed E-state index contributed by atoms with van der Waals surface area (Å²) in [5.41, 5.74) is 4.63. The first-order valence-corrected chi connectivity index (χ1v) is 8.50. The van der Waals surface area contributed by atoms with Crippen molar-refractivity contribution in [3.8, 4) is 5.69 Å².